The second kappa shape index (κ2) is 6.22. The lowest BCUT2D eigenvalue weighted by molar-refractivity contribution is -0.123. The Morgan fingerprint density at radius 2 is 2.11 bits per heavy atom. The van der Waals surface area contributed by atoms with Gasteiger partial charge in [0, 0.05) is 6.54 Å². The van der Waals surface area contributed by atoms with Gasteiger partial charge in [-0.3, -0.25) is 4.79 Å². The lowest BCUT2D eigenvalue weighted by Crippen LogP contribution is -2.30. The molecule has 0 atom stereocenters. The van der Waals surface area contributed by atoms with Gasteiger partial charge in [0.2, 0.25) is 0 Å². The summed E-state index contributed by atoms with van der Waals surface area (Å²) < 4.78 is 5.37. The van der Waals surface area contributed by atoms with E-state index in [9.17, 15) is 4.79 Å². The first-order valence-electron chi connectivity index (χ1n) is 6.37. The SMILES string of the molecule is C/C(=N\O)c1ccc(OCC(=O)NCC2CC2)cc1. The molecule has 0 bridgehead atoms. The predicted molar refractivity (Wildman–Crippen MR) is 71.7 cm³/mol. The number of carbonyl (C=O) groups excluding carboxylic acids is 1. The molecule has 1 aromatic carbocycles. The number of carbonyl (C=O) groups is 1. The maximum atomic E-state index is 11.5. The van der Waals surface area contributed by atoms with Crippen LogP contribution < -0.4 is 10.1 Å². The summed E-state index contributed by atoms with van der Waals surface area (Å²) in [6.45, 7) is 2.49. The van der Waals surface area contributed by atoms with Crippen molar-refractivity contribution < 1.29 is 14.7 Å². The van der Waals surface area contributed by atoms with E-state index in [4.69, 9.17) is 9.94 Å². The minimum atomic E-state index is -0.0934. The number of rotatable bonds is 6. The van der Waals surface area contributed by atoms with Crippen molar-refractivity contribution in [3.8, 4) is 5.75 Å². The zero-order valence-corrected chi connectivity index (χ0v) is 10.9. The molecule has 1 fully saturated rings. The van der Waals surface area contributed by atoms with E-state index < -0.39 is 0 Å². The zero-order valence-electron chi connectivity index (χ0n) is 10.9. The third-order valence-electron chi connectivity index (χ3n) is 3.08. The van der Waals surface area contributed by atoms with Gasteiger partial charge in [0.1, 0.15) is 5.75 Å². The molecule has 5 heteroatoms. The molecule has 0 aromatic heterocycles. The van der Waals surface area contributed by atoms with Crippen molar-refractivity contribution in [3.63, 3.8) is 0 Å². The minimum absolute atomic E-state index is 0.0269. The molecule has 1 saturated carbocycles. The van der Waals surface area contributed by atoms with Crippen LogP contribution in [0.25, 0.3) is 0 Å². The summed E-state index contributed by atoms with van der Waals surface area (Å²) >= 11 is 0. The molecule has 1 aromatic rings. The van der Waals surface area contributed by atoms with Gasteiger partial charge < -0.3 is 15.3 Å². The maximum Gasteiger partial charge on any atom is 0.257 e. The van der Waals surface area contributed by atoms with Crippen LogP contribution in [0.3, 0.4) is 0 Å². The van der Waals surface area contributed by atoms with Crippen LogP contribution in [0, 0.1) is 5.92 Å². The predicted octanol–water partition coefficient (Wildman–Crippen LogP) is 1.79. The molecule has 2 rings (SSSR count). The van der Waals surface area contributed by atoms with E-state index in [1.165, 1.54) is 12.8 Å². The fourth-order valence-electron chi connectivity index (χ4n) is 1.63. The Morgan fingerprint density at radius 3 is 2.68 bits per heavy atom. The molecule has 1 amide bonds. The number of nitrogens with zero attached hydrogens (tertiary/aromatic N) is 1. The van der Waals surface area contributed by atoms with Crippen LogP contribution in [0.1, 0.15) is 25.3 Å². The Kier molecular flexibility index (Phi) is 4.39. The molecular formula is C14H18N2O3. The molecule has 0 radical (unpaired) electrons. The third-order valence-corrected chi connectivity index (χ3v) is 3.08. The van der Waals surface area contributed by atoms with E-state index in [1.54, 1.807) is 31.2 Å². The van der Waals surface area contributed by atoms with E-state index in [0.29, 0.717) is 17.4 Å². The van der Waals surface area contributed by atoms with Gasteiger partial charge in [-0.2, -0.15) is 0 Å². The highest BCUT2D eigenvalue weighted by Crippen LogP contribution is 2.27. The van der Waals surface area contributed by atoms with Crippen molar-refractivity contribution in [2.75, 3.05) is 13.2 Å². The summed E-state index contributed by atoms with van der Waals surface area (Å²) in [5, 5.41) is 14.6. The minimum Gasteiger partial charge on any atom is -0.484 e. The van der Waals surface area contributed by atoms with Crippen LogP contribution >= 0.6 is 0 Å². The van der Waals surface area contributed by atoms with Crippen LogP contribution in [0.5, 0.6) is 5.75 Å². The number of oxime groups is 1. The van der Waals surface area contributed by atoms with Gasteiger partial charge in [0.15, 0.2) is 6.61 Å². The summed E-state index contributed by atoms with van der Waals surface area (Å²) in [5.74, 6) is 1.20. The number of hydrogen-bond donors (Lipinski definition) is 2. The van der Waals surface area contributed by atoms with Crippen LogP contribution in [0.2, 0.25) is 0 Å². The standard InChI is InChI=1S/C14H18N2O3/c1-10(16-18)12-4-6-13(7-5-12)19-9-14(17)15-8-11-2-3-11/h4-7,11,18H,2-3,8-9H2,1H3,(H,15,17)/b16-10+. The first-order chi connectivity index (χ1) is 9.19. The average Bonchev–Trinajstić information content (AvgIpc) is 3.26. The Labute approximate surface area is 112 Å². The Morgan fingerprint density at radius 1 is 1.42 bits per heavy atom. The Hall–Kier alpha value is -2.04. The number of ether oxygens (including phenoxy) is 1. The molecule has 0 spiro atoms. The molecule has 0 heterocycles. The van der Waals surface area contributed by atoms with E-state index in [1.807, 2.05) is 0 Å². The number of amides is 1. The monoisotopic (exact) mass is 262 g/mol. The van der Waals surface area contributed by atoms with Crippen LogP contribution in [-0.4, -0.2) is 30.0 Å². The summed E-state index contributed by atoms with van der Waals surface area (Å²) in [5.41, 5.74) is 1.35. The highest BCUT2D eigenvalue weighted by atomic mass is 16.5. The van der Waals surface area contributed by atoms with Crippen LogP contribution in [0.15, 0.2) is 29.4 Å². The van der Waals surface area contributed by atoms with Gasteiger partial charge >= 0.3 is 0 Å². The average molecular weight is 262 g/mol. The highest BCUT2D eigenvalue weighted by Gasteiger charge is 2.21. The molecule has 1 aliphatic carbocycles. The van der Waals surface area contributed by atoms with E-state index in [2.05, 4.69) is 10.5 Å². The lowest BCUT2D eigenvalue weighted by atomic mass is 10.1. The largest absolute Gasteiger partial charge is 0.484 e. The van der Waals surface area contributed by atoms with E-state index in [0.717, 1.165) is 12.1 Å². The fourth-order valence-corrected chi connectivity index (χ4v) is 1.63. The van der Waals surface area contributed by atoms with Crippen molar-refractivity contribution in [1.29, 1.82) is 0 Å². The van der Waals surface area contributed by atoms with Crippen molar-refractivity contribution in [2.24, 2.45) is 11.1 Å². The molecule has 102 valence electrons. The summed E-state index contributed by atoms with van der Waals surface area (Å²) in [4.78, 5) is 11.5. The summed E-state index contributed by atoms with van der Waals surface area (Å²) in [7, 11) is 0. The first-order valence-corrected chi connectivity index (χ1v) is 6.37. The smallest absolute Gasteiger partial charge is 0.257 e. The van der Waals surface area contributed by atoms with Crippen LogP contribution in [0.4, 0.5) is 0 Å². The van der Waals surface area contributed by atoms with Gasteiger partial charge in [-0.25, -0.2) is 0 Å². The first kappa shape index (κ1) is 13.4. The molecule has 0 saturated heterocycles. The summed E-state index contributed by atoms with van der Waals surface area (Å²) in [6.07, 6.45) is 2.43. The molecule has 0 aliphatic heterocycles. The second-order valence-electron chi connectivity index (χ2n) is 4.75. The van der Waals surface area contributed by atoms with Crippen LogP contribution in [-0.2, 0) is 4.79 Å². The molecule has 5 nitrogen and oxygen atoms in total. The fraction of sp³-hybridized carbons (Fsp3) is 0.429. The third kappa shape index (κ3) is 4.28. The summed E-state index contributed by atoms with van der Waals surface area (Å²) in [6, 6.07) is 7.06. The molecule has 2 N–H and O–H groups in total. The van der Waals surface area contributed by atoms with E-state index >= 15 is 0 Å². The number of benzene rings is 1. The van der Waals surface area contributed by atoms with E-state index in [-0.39, 0.29) is 12.5 Å². The Balaban J connectivity index is 1.77. The van der Waals surface area contributed by atoms with Gasteiger partial charge in [-0.05, 0) is 55.5 Å². The Bertz CT molecular complexity index is 464. The number of nitrogens with one attached hydrogen (secondary N) is 1. The van der Waals surface area contributed by atoms with Gasteiger partial charge in [0.25, 0.3) is 5.91 Å². The van der Waals surface area contributed by atoms with Crippen molar-refractivity contribution in [3.05, 3.63) is 29.8 Å². The molecule has 1 aliphatic rings. The molecular weight excluding hydrogens is 244 g/mol. The molecule has 19 heavy (non-hydrogen) atoms. The molecule has 0 unspecified atom stereocenters. The van der Waals surface area contributed by atoms with Gasteiger partial charge in [-0.1, -0.05) is 5.16 Å². The maximum absolute atomic E-state index is 11.5. The zero-order chi connectivity index (χ0) is 13.7. The normalized spacial score (nSPS) is 15.1. The highest BCUT2D eigenvalue weighted by molar-refractivity contribution is 5.98. The van der Waals surface area contributed by atoms with Crippen molar-refractivity contribution >= 4 is 11.6 Å². The van der Waals surface area contributed by atoms with Crippen molar-refractivity contribution in [2.45, 2.75) is 19.8 Å². The quantitative estimate of drug-likeness (QED) is 0.466. The van der Waals surface area contributed by atoms with Gasteiger partial charge in [0.05, 0.1) is 5.71 Å². The van der Waals surface area contributed by atoms with Gasteiger partial charge in [-0.15, -0.1) is 0 Å². The lowest BCUT2D eigenvalue weighted by Gasteiger charge is -2.07. The topological polar surface area (TPSA) is 70.9 Å². The second-order valence-corrected chi connectivity index (χ2v) is 4.75. The number of hydrogen-bond acceptors (Lipinski definition) is 4. The van der Waals surface area contributed by atoms with Crippen molar-refractivity contribution in [1.82, 2.24) is 5.32 Å².